The average Bonchev–Trinajstić information content (AvgIpc) is 3.45. The highest BCUT2D eigenvalue weighted by Crippen LogP contribution is 2.67. The van der Waals surface area contributed by atoms with Crippen LogP contribution < -0.4 is 5.32 Å². The minimum atomic E-state index is -0.289. The van der Waals surface area contributed by atoms with Gasteiger partial charge in [0.05, 0.1) is 0 Å². The fourth-order valence-electron chi connectivity index (χ4n) is 6.88. The molecule has 1 aliphatic carbocycles. The quantitative estimate of drug-likeness (QED) is 0.271. The number of nitrogens with one attached hydrogen (secondary N) is 1. The van der Waals surface area contributed by atoms with Gasteiger partial charge in [-0.1, -0.05) is 133 Å². The van der Waals surface area contributed by atoms with Gasteiger partial charge in [0.15, 0.2) is 0 Å². The van der Waals surface area contributed by atoms with E-state index in [4.69, 9.17) is 11.6 Å². The first-order valence-corrected chi connectivity index (χ1v) is 13.0. The van der Waals surface area contributed by atoms with Crippen molar-refractivity contribution in [1.29, 1.82) is 0 Å². The molecule has 7 rings (SSSR count). The molecule has 1 nitrogen and oxygen atoms in total. The number of hydrogen-bond acceptors (Lipinski definition) is 1. The maximum absolute atomic E-state index is 6.39. The first kappa shape index (κ1) is 21.6. The number of hydrogen-bond donors (Lipinski definition) is 1. The minimum absolute atomic E-state index is 0.0920. The zero-order valence-corrected chi connectivity index (χ0v) is 20.6. The molecule has 1 aliphatic heterocycles. The van der Waals surface area contributed by atoms with Crippen LogP contribution in [0.4, 0.5) is 0 Å². The Bertz CT molecular complexity index is 1480. The lowest BCUT2D eigenvalue weighted by atomic mass is 9.61. The fourth-order valence-corrected chi connectivity index (χ4v) is 7.00. The Morgan fingerprint density at radius 3 is 1.58 bits per heavy atom. The Balaban J connectivity index is 1.60. The summed E-state index contributed by atoms with van der Waals surface area (Å²) < 4.78 is 0. The molecule has 1 saturated heterocycles. The van der Waals surface area contributed by atoms with Gasteiger partial charge in [0.2, 0.25) is 0 Å². The molecule has 36 heavy (non-hydrogen) atoms. The Labute approximate surface area is 217 Å². The Kier molecular flexibility index (Phi) is 5.09. The molecule has 174 valence electrons. The molecule has 2 aliphatic rings. The normalized spacial score (nSPS) is 21.3. The smallest absolute Gasteiger partial charge is 0.0496 e. The predicted octanol–water partition coefficient (Wildman–Crippen LogP) is 8.48. The van der Waals surface area contributed by atoms with Gasteiger partial charge in [-0.15, -0.1) is 0 Å². The lowest BCUT2D eigenvalue weighted by Gasteiger charge is -2.40. The summed E-state index contributed by atoms with van der Waals surface area (Å²) in [5.74, 6) is 0.159. The molecule has 3 atom stereocenters. The summed E-state index contributed by atoms with van der Waals surface area (Å²) in [6.45, 7) is 0. The summed E-state index contributed by atoms with van der Waals surface area (Å²) >= 11 is 6.39. The maximum atomic E-state index is 6.39. The van der Waals surface area contributed by atoms with Crippen LogP contribution in [0.2, 0.25) is 5.02 Å². The molecule has 0 saturated carbocycles. The van der Waals surface area contributed by atoms with Gasteiger partial charge in [-0.05, 0) is 51.1 Å². The van der Waals surface area contributed by atoms with Gasteiger partial charge in [-0.2, -0.15) is 0 Å². The summed E-state index contributed by atoms with van der Waals surface area (Å²) in [5.41, 5.74) is 9.08. The van der Waals surface area contributed by atoms with Gasteiger partial charge in [0, 0.05) is 28.4 Å². The standard InChI is InChI=1S/C34H26ClN/c35-26-21-19-23(20-22-26)31-32(24-11-3-1-4-12-24)36-33(25-13-5-2-6-14-25)34(31)29-17-9-7-15-27(29)28-16-8-10-18-30(28)34/h1-22,31-33,36H/t31-,32+,33-/m0/s1. The van der Waals surface area contributed by atoms with Gasteiger partial charge in [0.25, 0.3) is 0 Å². The summed E-state index contributed by atoms with van der Waals surface area (Å²) in [6.07, 6.45) is 0. The van der Waals surface area contributed by atoms with Crippen LogP contribution in [0.3, 0.4) is 0 Å². The third-order valence-corrected chi connectivity index (χ3v) is 8.43. The topological polar surface area (TPSA) is 12.0 Å². The van der Waals surface area contributed by atoms with Crippen LogP contribution in [0.15, 0.2) is 133 Å². The molecule has 5 aromatic rings. The summed E-state index contributed by atoms with van der Waals surface area (Å²) in [7, 11) is 0. The van der Waals surface area contributed by atoms with E-state index in [1.807, 2.05) is 12.1 Å². The fraction of sp³-hybridized carbons (Fsp3) is 0.118. The summed E-state index contributed by atoms with van der Waals surface area (Å²) in [5, 5.41) is 4.93. The molecule has 1 fully saturated rings. The average molecular weight is 484 g/mol. The van der Waals surface area contributed by atoms with Crippen molar-refractivity contribution in [3.8, 4) is 11.1 Å². The van der Waals surface area contributed by atoms with Gasteiger partial charge in [0.1, 0.15) is 0 Å². The molecular formula is C34H26ClN. The van der Waals surface area contributed by atoms with Crippen LogP contribution in [0.1, 0.15) is 45.8 Å². The van der Waals surface area contributed by atoms with E-state index in [1.54, 1.807) is 0 Å². The van der Waals surface area contributed by atoms with Gasteiger partial charge in [-0.3, -0.25) is 0 Å². The molecular weight excluding hydrogens is 458 g/mol. The van der Waals surface area contributed by atoms with Crippen LogP contribution in [-0.4, -0.2) is 0 Å². The summed E-state index contributed by atoms with van der Waals surface area (Å²) in [4.78, 5) is 0. The predicted molar refractivity (Wildman–Crippen MR) is 148 cm³/mol. The molecule has 0 bridgehead atoms. The lowest BCUT2D eigenvalue weighted by molar-refractivity contribution is 0.420. The number of rotatable bonds is 3. The second-order valence-corrected chi connectivity index (χ2v) is 10.3. The molecule has 1 N–H and O–H groups in total. The molecule has 5 aromatic carbocycles. The number of fused-ring (bicyclic) bond motifs is 5. The molecule has 0 aromatic heterocycles. The van der Waals surface area contributed by atoms with E-state index in [-0.39, 0.29) is 23.4 Å². The van der Waals surface area contributed by atoms with Crippen molar-refractivity contribution in [2.75, 3.05) is 0 Å². The lowest BCUT2D eigenvalue weighted by Crippen LogP contribution is -2.36. The zero-order chi connectivity index (χ0) is 24.1. The first-order valence-electron chi connectivity index (χ1n) is 12.6. The van der Waals surface area contributed by atoms with Crippen LogP contribution in [-0.2, 0) is 5.41 Å². The van der Waals surface area contributed by atoms with E-state index >= 15 is 0 Å². The van der Waals surface area contributed by atoms with E-state index in [0.29, 0.717) is 0 Å². The highest BCUT2D eigenvalue weighted by Gasteiger charge is 2.61. The van der Waals surface area contributed by atoms with Crippen molar-refractivity contribution in [2.45, 2.75) is 23.4 Å². The zero-order valence-electron chi connectivity index (χ0n) is 19.8. The molecule has 0 radical (unpaired) electrons. The van der Waals surface area contributed by atoms with Crippen molar-refractivity contribution < 1.29 is 0 Å². The van der Waals surface area contributed by atoms with Crippen molar-refractivity contribution >= 4 is 11.6 Å². The van der Waals surface area contributed by atoms with Gasteiger partial charge in [-0.25, -0.2) is 0 Å². The van der Waals surface area contributed by atoms with Gasteiger partial charge >= 0.3 is 0 Å². The largest absolute Gasteiger partial charge is 0.301 e. The van der Waals surface area contributed by atoms with Crippen LogP contribution in [0.25, 0.3) is 11.1 Å². The van der Waals surface area contributed by atoms with E-state index in [9.17, 15) is 0 Å². The van der Waals surface area contributed by atoms with E-state index in [0.717, 1.165) is 5.02 Å². The van der Waals surface area contributed by atoms with Crippen LogP contribution >= 0.6 is 11.6 Å². The Morgan fingerprint density at radius 1 is 0.500 bits per heavy atom. The SMILES string of the molecule is Clc1ccc([C@H]2[C@@H](c3ccccc3)N[C@@H](c3ccccc3)C23c2ccccc2-c2ccccc23)cc1. The highest BCUT2D eigenvalue weighted by molar-refractivity contribution is 6.30. The highest BCUT2D eigenvalue weighted by atomic mass is 35.5. The van der Waals surface area contributed by atoms with Crippen LogP contribution in [0, 0.1) is 0 Å². The first-order chi connectivity index (χ1) is 17.8. The molecule has 0 unspecified atom stereocenters. The monoisotopic (exact) mass is 483 g/mol. The van der Waals surface area contributed by atoms with E-state index in [1.165, 1.54) is 38.9 Å². The third kappa shape index (κ3) is 3.07. The Morgan fingerprint density at radius 2 is 1.00 bits per heavy atom. The van der Waals surface area contributed by atoms with Crippen molar-refractivity contribution in [3.05, 3.63) is 166 Å². The molecule has 1 spiro atoms. The number of halogens is 1. The van der Waals surface area contributed by atoms with Crippen molar-refractivity contribution in [3.63, 3.8) is 0 Å². The van der Waals surface area contributed by atoms with Crippen molar-refractivity contribution in [1.82, 2.24) is 5.32 Å². The summed E-state index contributed by atoms with van der Waals surface area (Å²) in [6, 6.07) is 48.6. The van der Waals surface area contributed by atoms with Crippen molar-refractivity contribution in [2.24, 2.45) is 0 Å². The van der Waals surface area contributed by atoms with E-state index in [2.05, 4.69) is 127 Å². The van der Waals surface area contributed by atoms with E-state index < -0.39 is 0 Å². The second-order valence-electron chi connectivity index (χ2n) is 9.89. The minimum Gasteiger partial charge on any atom is -0.301 e. The Hall–Kier alpha value is -3.65. The third-order valence-electron chi connectivity index (χ3n) is 8.18. The maximum Gasteiger partial charge on any atom is 0.0496 e. The molecule has 0 amide bonds. The number of benzene rings is 5. The second kappa shape index (κ2) is 8.48. The molecule has 2 heteroatoms. The van der Waals surface area contributed by atoms with Crippen LogP contribution in [0.5, 0.6) is 0 Å². The molecule has 1 heterocycles. The van der Waals surface area contributed by atoms with Gasteiger partial charge < -0.3 is 5.32 Å².